The molecule has 150 valence electrons. The molecule has 1 fully saturated rings. The van der Waals surface area contributed by atoms with Crippen LogP contribution in [-0.2, 0) is 22.7 Å². The summed E-state index contributed by atoms with van der Waals surface area (Å²) in [5, 5.41) is 12.2. The minimum absolute atomic E-state index is 0.164. The van der Waals surface area contributed by atoms with Crippen LogP contribution in [0.5, 0.6) is 0 Å². The van der Waals surface area contributed by atoms with Gasteiger partial charge in [0.2, 0.25) is 0 Å². The highest BCUT2D eigenvalue weighted by Gasteiger charge is 2.38. The monoisotopic (exact) mass is 405 g/mol. The topological polar surface area (TPSA) is 114 Å². The molecule has 2 atom stereocenters. The van der Waals surface area contributed by atoms with E-state index in [4.69, 9.17) is 4.42 Å². The zero-order valence-electron chi connectivity index (χ0n) is 15.6. The first-order valence-electron chi connectivity index (χ1n) is 9.12. The number of nitrogens with one attached hydrogen (secondary N) is 1. The molecule has 2 N–H and O–H groups in total. The predicted octanol–water partition coefficient (Wildman–Crippen LogP) is 1.01. The maximum absolute atomic E-state index is 12.4. The summed E-state index contributed by atoms with van der Waals surface area (Å²) >= 11 is 0. The second-order valence-corrected chi connectivity index (χ2v) is 9.28. The summed E-state index contributed by atoms with van der Waals surface area (Å²) in [6, 6.07) is 10.7. The van der Waals surface area contributed by atoms with Crippen molar-refractivity contribution in [3.63, 3.8) is 0 Å². The van der Waals surface area contributed by atoms with E-state index in [9.17, 15) is 23.1 Å². The molecule has 28 heavy (non-hydrogen) atoms. The van der Waals surface area contributed by atoms with Gasteiger partial charge in [0.15, 0.2) is 9.84 Å². The highest BCUT2D eigenvalue weighted by Crippen LogP contribution is 2.15. The third-order valence-corrected chi connectivity index (χ3v) is 6.51. The normalized spacial score (nSPS) is 20.8. The van der Waals surface area contributed by atoms with Crippen molar-refractivity contribution in [3.05, 3.63) is 69.3 Å². The van der Waals surface area contributed by atoms with E-state index in [0.29, 0.717) is 17.7 Å². The smallest absolute Gasteiger partial charge is 0.349 e. The number of hydrogen-bond acceptors (Lipinski definition) is 6. The Hall–Kier alpha value is -2.45. The second-order valence-electron chi connectivity index (χ2n) is 7.12. The molecule has 1 aliphatic rings. The number of carbonyl (C=O) groups excluding carboxylic acids is 1. The first-order valence-corrected chi connectivity index (χ1v) is 10.9. The molecule has 1 amide bonds. The van der Waals surface area contributed by atoms with E-state index in [0.717, 1.165) is 12.8 Å². The molecule has 0 radical (unpaired) electrons. The van der Waals surface area contributed by atoms with Gasteiger partial charge in [-0.2, -0.15) is 0 Å². The van der Waals surface area contributed by atoms with Crippen LogP contribution in [0.25, 0.3) is 0 Å². The summed E-state index contributed by atoms with van der Waals surface area (Å²) in [4.78, 5) is 24.7. The number of aliphatic hydroxyl groups is 1. The molecule has 0 spiro atoms. The number of carbonyl (C=O) groups is 1. The van der Waals surface area contributed by atoms with Crippen LogP contribution in [0.2, 0.25) is 0 Å². The number of sulfone groups is 1. The van der Waals surface area contributed by atoms with Crippen molar-refractivity contribution >= 4 is 15.7 Å². The van der Waals surface area contributed by atoms with Crippen LogP contribution in [0, 0.1) is 6.92 Å². The fourth-order valence-corrected chi connectivity index (χ4v) is 5.13. The van der Waals surface area contributed by atoms with Crippen LogP contribution < -0.4 is 10.9 Å². The van der Waals surface area contributed by atoms with Crippen molar-refractivity contribution in [3.8, 4) is 0 Å². The summed E-state index contributed by atoms with van der Waals surface area (Å²) in [5.74, 6) is -0.977. The van der Waals surface area contributed by atoms with Gasteiger partial charge in [0.05, 0.1) is 23.7 Å². The molecule has 1 aromatic carbocycles. The molecule has 2 aromatic rings. The molecular weight excluding hydrogens is 382 g/mol. The molecular formula is C20H23NO6S. The molecule has 0 unspecified atom stereocenters. The zero-order valence-corrected chi connectivity index (χ0v) is 16.4. The SMILES string of the molecule is Cc1cc(CCCc2ccccc2)oc(=O)c1C(=O)N[C@@H]1CS(=O)(=O)C[C@H]1O. The molecule has 3 rings (SSSR count). The largest absolute Gasteiger partial charge is 0.427 e. The summed E-state index contributed by atoms with van der Waals surface area (Å²) in [7, 11) is -3.40. The minimum atomic E-state index is -3.40. The van der Waals surface area contributed by atoms with E-state index < -0.39 is 39.3 Å². The van der Waals surface area contributed by atoms with Gasteiger partial charge in [-0.25, -0.2) is 13.2 Å². The van der Waals surface area contributed by atoms with Gasteiger partial charge in [-0.1, -0.05) is 30.3 Å². The van der Waals surface area contributed by atoms with E-state index in [1.54, 1.807) is 13.0 Å². The molecule has 1 aromatic heterocycles. The zero-order chi connectivity index (χ0) is 20.3. The number of aryl methyl sites for hydroxylation is 3. The van der Waals surface area contributed by atoms with Crippen molar-refractivity contribution in [2.45, 2.75) is 38.3 Å². The Kier molecular flexibility index (Phi) is 6.00. The highest BCUT2D eigenvalue weighted by molar-refractivity contribution is 7.91. The average molecular weight is 405 g/mol. The second kappa shape index (κ2) is 8.28. The van der Waals surface area contributed by atoms with Crippen LogP contribution in [0.4, 0.5) is 0 Å². The molecule has 7 nitrogen and oxygen atoms in total. The average Bonchev–Trinajstić information content (AvgIpc) is 2.86. The van der Waals surface area contributed by atoms with Gasteiger partial charge >= 0.3 is 5.63 Å². The summed E-state index contributed by atoms with van der Waals surface area (Å²) in [5.41, 5.74) is 0.729. The van der Waals surface area contributed by atoms with Gasteiger partial charge in [-0.3, -0.25) is 4.79 Å². The van der Waals surface area contributed by atoms with Crippen LogP contribution in [0.3, 0.4) is 0 Å². The van der Waals surface area contributed by atoms with Crippen LogP contribution in [0.1, 0.15) is 33.7 Å². The van der Waals surface area contributed by atoms with Crippen molar-refractivity contribution in [2.24, 2.45) is 0 Å². The third-order valence-electron chi connectivity index (χ3n) is 4.80. The maximum Gasteiger partial charge on any atom is 0.349 e. The van der Waals surface area contributed by atoms with Gasteiger partial charge in [-0.15, -0.1) is 0 Å². The van der Waals surface area contributed by atoms with Gasteiger partial charge in [0.25, 0.3) is 5.91 Å². The molecule has 0 bridgehead atoms. The highest BCUT2D eigenvalue weighted by atomic mass is 32.2. The van der Waals surface area contributed by atoms with Crippen molar-refractivity contribution < 1.29 is 22.7 Å². The Balaban J connectivity index is 1.66. The molecule has 0 saturated carbocycles. The Morgan fingerprint density at radius 1 is 1.21 bits per heavy atom. The number of hydrogen-bond donors (Lipinski definition) is 2. The van der Waals surface area contributed by atoms with Crippen LogP contribution in [-0.4, -0.2) is 43.1 Å². The first kappa shape index (κ1) is 20.3. The summed E-state index contributed by atoms with van der Waals surface area (Å²) in [6.07, 6.45) is 1.02. The Labute approximate surface area is 163 Å². The van der Waals surface area contributed by atoms with Crippen molar-refractivity contribution in [1.29, 1.82) is 0 Å². The van der Waals surface area contributed by atoms with E-state index in [-0.39, 0.29) is 11.3 Å². The lowest BCUT2D eigenvalue weighted by Crippen LogP contribution is -2.44. The van der Waals surface area contributed by atoms with E-state index >= 15 is 0 Å². The van der Waals surface area contributed by atoms with Crippen molar-refractivity contribution in [2.75, 3.05) is 11.5 Å². The number of aliphatic hydroxyl groups excluding tert-OH is 1. The van der Waals surface area contributed by atoms with Crippen molar-refractivity contribution in [1.82, 2.24) is 5.32 Å². The lowest BCUT2D eigenvalue weighted by atomic mass is 10.1. The fraction of sp³-hybridized carbons (Fsp3) is 0.400. The van der Waals surface area contributed by atoms with E-state index in [1.165, 1.54) is 5.56 Å². The summed E-state index contributed by atoms with van der Waals surface area (Å²) < 4.78 is 28.4. The number of amides is 1. The van der Waals surface area contributed by atoms with Gasteiger partial charge in [-0.05, 0) is 37.0 Å². The summed E-state index contributed by atoms with van der Waals surface area (Å²) in [6.45, 7) is 1.63. The van der Waals surface area contributed by atoms with Gasteiger partial charge in [0.1, 0.15) is 11.3 Å². The van der Waals surface area contributed by atoms with Crippen LogP contribution in [0.15, 0.2) is 45.6 Å². The van der Waals surface area contributed by atoms with E-state index in [2.05, 4.69) is 5.32 Å². The number of benzene rings is 1. The van der Waals surface area contributed by atoms with Gasteiger partial charge < -0.3 is 14.8 Å². The minimum Gasteiger partial charge on any atom is -0.427 e. The molecule has 1 aliphatic heterocycles. The Morgan fingerprint density at radius 3 is 2.54 bits per heavy atom. The Bertz CT molecular complexity index is 1010. The predicted molar refractivity (Wildman–Crippen MR) is 104 cm³/mol. The van der Waals surface area contributed by atoms with E-state index in [1.807, 2.05) is 30.3 Å². The lowest BCUT2D eigenvalue weighted by Gasteiger charge is -2.15. The quantitative estimate of drug-likeness (QED) is 0.742. The Morgan fingerprint density at radius 2 is 1.93 bits per heavy atom. The molecule has 1 saturated heterocycles. The van der Waals surface area contributed by atoms with Crippen LogP contribution >= 0.6 is 0 Å². The number of rotatable bonds is 6. The molecule has 0 aliphatic carbocycles. The van der Waals surface area contributed by atoms with Gasteiger partial charge in [0, 0.05) is 6.42 Å². The standard InChI is InChI=1S/C20H23NO6S/c1-13-10-15(9-5-8-14-6-3-2-4-7-14)27-20(24)18(13)19(23)21-16-11-28(25,26)12-17(16)22/h2-4,6-7,10,16-17,22H,5,8-9,11-12H2,1H3,(H,21,23)/t16-,17-/m1/s1. The first-order chi connectivity index (χ1) is 13.2. The fourth-order valence-electron chi connectivity index (χ4n) is 3.39. The third kappa shape index (κ3) is 4.88. The maximum atomic E-state index is 12.4. The lowest BCUT2D eigenvalue weighted by molar-refractivity contribution is 0.0883. The molecule has 8 heteroatoms. The molecule has 2 heterocycles.